The molecule has 1 saturated heterocycles. The van der Waals surface area contributed by atoms with Gasteiger partial charge in [0.2, 0.25) is 15.9 Å². The SMILES string of the molecule is C[Si](C)(C)CCOCN([C@H]1CC(=O)N(Cc2ccccc2)[C@H]1CO[C@H]1CC[C@@H](c2ccccc2)CC1)S(C)(=O)=O. The van der Waals surface area contributed by atoms with Crippen LogP contribution < -0.4 is 0 Å². The third-order valence-corrected chi connectivity index (χ3v) is 11.1. The second kappa shape index (κ2) is 13.7. The predicted molar refractivity (Wildman–Crippen MR) is 162 cm³/mol. The highest BCUT2D eigenvalue weighted by atomic mass is 32.2. The van der Waals surface area contributed by atoms with Gasteiger partial charge in [-0.3, -0.25) is 4.79 Å². The van der Waals surface area contributed by atoms with E-state index in [1.165, 1.54) is 16.1 Å². The molecule has 0 spiro atoms. The highest BCUT2D eigenvalue weighted by molar-refractivity contribution is 7.88. The molecule has 1 aliphatic heterocycles. The Morgan fingerprint density at radius 3 is 2.17 bits per heavy atom. The quantitative estimate of drug-likeness (QED) is 0.177. The Labute approximate surface area is 241 Å². The lowest BCUT2D eigenvalue weighted by Gasteiger charge is -2.35. The molecule has 40 heavy (non-hydrogen) atoms. The molecule has 0 bridgehead atoms. The molecule has 1 aliphatic carbocycles. The van der Waals surface area contributed by atoms with Crippen molar-refractivity contribution in [2.24, 2.45) is 0 Å². The Morgan fingerprint density at radius 2 is 1.57 bits per heavy atom. The number of hydrogen-bond donors (Lipinski definition) is 0. The van der Waals surface area contributed by atoms with E-state index in [1.807, 2.05) is 35.2 Å². The summed E-state index contributed by atoms with van der Waals surface area (Å²) in [5.74, 6) is 0.497. The fourth-order valence-corrected chi connectivity index (χ4v) is 7.53. The van der Waals surface area contributed by atoms with Gasteiger partial charge in [0.05, 0.1) is 31.1 Å². The van der Waals surface area contributed by atoms with Gasteiger partial charge in [0, 0.05) is 27.6 Å². The fraction of sp³-hybridized carbons (Fsp3) is 0.581. The first-order valence-corrected chi connectivity index (χ1v) is 20.1. The van der Waals surface area contributed by atoms with Crippen molar-refractivity contribution >= 4 is 24.0 Å². The van der Waals surface area contributed by atoms with E-state index in [0.717, 1.165) is 37.3 Å². The van der Waals surface area contributed by atoms with Crippen LogP contribution >= 0.6 is 0 Å². The predicted octanol–water partition coefficient (Wildman–Crippen LogP) is 5.47. The Kier molecular flexibility index (Phi) is 10.6. The highest BCUT2D eigenvalue weighted by Gasteiger charge is 2.46. The molecule has 2 aromatic carbocycles. The Hall–Kier alpha value is -2.04. The minimum atomic E-state index is -3.61. The Morgan fingerprint density at radius 1 is 0.950 bits per heavy atom. The molecule has 0 unspecified atom stereocenters. The summed E-state index contributed by atoms with van der Waals surface area (Å²) >= 11 is 0. The molecule has 220 valence electrons. The number of carbonyl (C=O) groups is 1. The summed E-state index contributed by atoms with van der Waals surface area (Å²) in [5.41, 5.74) is 2.40. The van der Waals surface area contributed by atoms with Gasteiger partial charge in [0.15, 0.2) is 0 Å². The van der Waals surface area contributed by atoms with Crippen LogP contribution in [0.1, 0.15) is 49.1 Å². The van der Waals surface area contributed by atoms with E-state index in [4.69, 9.17) is 9.47 Å². The lowest BCUT2D eigenvalue weighted by Crippen LogP contribution is -2.50. The van der Waals surface area contributed by atoms with Gasteiger partial charge in [-0.1, -0.05) is 80.3 Å². The fourth-order valence-electron chi connectivity index (χ4n) is 5.80. The molecule has 0 radical (unpaired) electrons. The van der Waals surface area contributed by atoms with Crippen LogP contribution in [0.15, 0.2) is 60.7 Å². The topological polar surface area (TPSA) is 76.2 Å². The van der Waals surface area contributed by atoms with Crippen LogP contribution in [0, 0.1) is 0 Å². The average molecular weight is 587 g/mol. The van der Waals surface area contributed by atoms with Crippen LogP contribution in [-0.2, 0) is 30.8 Å². The monoisotopic (exact) mass is 586 g/mol. The number of rotatable bonds is 13. The van der Waals surface area contributed by atoms with Gasteiger partial charge in [-0.2, -0.15) is 4.31 Å². The van der Waals surface area contributed by atoms with E-state index >= 15 is 0 Å². The van der Waals surface area contributed by atoms with Crippen LogP contribution in [0.4, 0.5) is 0 Å². The van der Waals surface area contributed by atoms with Crippen molar-refractivity contribution in [2.75, 3.05) is 26.2 Å². The van der Waals surface area contributed by atoms with E-state index in [0.29, 0.717) is 25.7 Å². The lowest BCUT2D eigenvalue weighted by atomic mass is 9.83. The summed E-state index contributed by atoms with van der Waals surface area (Å²) in [6.45, 7) is 8.01. The van der Waals surface area contributed by atoms with E-state index < -0.39 is 24.1 Å². The molecule has 1 amide bonds. The van der Waals surface area contributed by atoms with Gasteiger partial charge in [0.25, 0.3) is 0 Å². The zero-order valence-electron chi connectivity index (χ0n) is 24.5. The Bertz CT molecular complexity index is 1180. The van der Waals surface area contributed by atoms with E-state index in [2.05, 4.69) is 50.0 Å². The molecular formula is C31H46N2O5SSi. The molecule has 7 nitrogen and oxygen atoms in total. The highest BCUT2D eigenvalue weighted by Crippen LogP contribution is 2.35. The van der Waals surface area contributed by atoms with Crippen molar-refractivity contribution in [1.82, 2.24) is 9.21 Å². The molecule has 0 aromatic heterocycles. The molecule has 0 N–H and O–H groups in total. The second-order valence-corrected chi connectivity index (χ2v) is 20.1. The first-order valence-electron chi connectivity index (χ1n) is 14.6. The summed E-state index contributed by atoms with van der Waals surface area (Å²) in [6, 6.07) is 20.6. The smallest absolute Gasteiger partial charge is 0.224 e. The summed E-state index contributed by atoms with van der Waals surface area (Å²) in [6.07, 6.45) is 5.49. The third kappa shape index (κ3) is 8.73. The summed E-state index contributed by atoms with van der Waals surface area (Å²) < 4.78 is 39.8. The van der Waals surface area contributed by atoms with Crippen LogP contribution in [0.2, 0.25) is 25.7 Å². The van der Waals surface area contributed by atoms with Crippen molar-refractivity contribution in [2.45, 2.75) is 88.4 Å². The van der Waals surface area contributed by atoms with Gasteiger partial charge < -0.3 is 14.4 Å². The maximum Gasteiger partial charge on any atom is 0.224 e. The zero-order chi connectivity index (χ0) is 28.8. The van der Waals surface area contributed by atoms with Gasteiger partial charge in [-0.15, -0.1) is 0 Å². The number of sulfonamides is 1. The summed E-state index contributed by atoms with van der Waals surface area (Å²) in [7, 11) is -4.93. The maximum atomic E-state index is 13.4. The average Bonchev–Trinajstić information content (AvgIpc) is 3.21. The number of amides is 1. The molecule has 2 fully saturated rings. The Balaban J connectivity index is 1.46. The number of nitrogens with zero attached hydrogens (tertiary/aromatic N) is 2. The largest absolute Gasteiger partial charge is 0.376 e. The maximum absolute atomic E-state index is 13.4. The number of likely N-dealkylation sites (tertiary alicyclic amines) is 1. The molecule has 9 heteroatoms. The van der Waals surface area contributed by atoms with Crippen molar-refractivity contribution in [1.29, 1.82) is 0 Å². The zero-order valence-corrected chi connectivity index (χ0v) is 26.3. The van der Waals surface area contributed by atoms with Crippen LogP contribution in [0.25, 0.3) is 0 Å². The summed E-state index contributed by atoms with van der Waals surface area (Å²) in [4.78, 5) is 15.2. The van der Waals surface area contributed by atoms with Crippen molar-refractivity contribution in [3.8, 4) is 0 Å². The lowest BCUT2D eigenvalue weighted by molar-refractivity contribution is -0.130. The minimum absolute atomic E-state index is 0.0425. The van der Waals surface area contributed by atoms with E-state index in [1.54, 1.807) is 0 Å². The van der Waals surface area contributed by atoms with Crippen LogP contribution in [-0.4, -0.2) is 76.0 Å². The van der Waals surface area contributed by atoms with Crippen molar-refractivity contribution in [3.63, 3.8) is 0 Å². The van der Waals surface area contributed by atoms with Crippen molar-refractivity contribution in [3.05, 3.63) is 71.8 Å². The van der Waals surface area contributed by atoms with E-state index in [-0.39, 0.29) is 31.2 Å². The summed E-state index contributed by atoms with van der Waals surface area (Å²) in [5, 5.41) is 0. The molecule has 4 rings (SSSR count). The van der Waals surface area contributed by atoms with Gasteiger partial charge in [-0.05, 0) is 48.8 Å². The van der Waals surface area contributed by atoms with Crippen LogP contribution in [0.5, 0.6) is 0 Å². The van der Waals surface area contributed by atoms with Gasteiger partial charge in [0.1, 0.15) is 6.73 Å². The first kappa shape index (κ1) is 30.9. The first-order chi connectivity index (χ1) is 19.0. The molecule has 2 atom stereocenters. The number of hydrogen-bond acceptors (Lipinski definition) is 5. The molecule has 1 heterocycles. The molecule has 2 aromatic rings. The molecule has 1 saturated carbocycles. The second-order valence-electron chi connectivity index (χ2n) is 12.6. The molecular weight excluding hydrogens is 541 g/mol. The third-order valence-electron chi connectivity index (χ3n) is 8.20. The standard InChI is InChI=1S/C31H46N2O5SSi/c1-39(35,36)33(24-37-19-20-40(2,3)4)29-21-31(34)32(22-25-11-7-5-8-12-25)30(29)23-38-28-17-15-27(16-18-28)26-13-9-6-10-14-26/h5-14,27-30H,15-24H2,1-4H3/t27-,28+,29-,30-/m0/s1. The van der Waals surface area contributed by atoms with Gasteiger partial charge in [-0.25, -0.2) is 8.42 Å². The van der Waals surface area contributed by atoms with Crippen molar-refractivity contribution < 1.29 is 22.7 Å². The molecule has 2 aliphatic rings. The number of benzene rings is 2. The van der Waals surface area contributed by atoms with Crippen LogP contribution in [0.3, 0.4) is 0 Å². The number of carbonyl (C=O) groups excluding carboxylic acids is 1. The van der Waals surface area contributed by atoms with Gasteiger partial charge >= 0.3 is 0 Å². The van der Waals surface area contributed by atoms with E-state index in [9.17, 15) is 13.2 Å². The number of ether oxygens (including phenoxy) is 2. The normalized spacial score (nSPS) is 24.1. The minimum Gasteiger partial charge on any atom is -0.376 e.